The largest absolute Gasteiger partial charge is 0.351 e. The Morgan fingerprint density at radius 2 is 2.11 bits per heavy atom. The summed E-state index contributed by atoms with van der Waals surface area (Å²) in [4.78, 5) is 7.40. The van der Waals surface area contributed by atoms with Crippen LogP contribution < -0.4 is 10.2 Å². The molecule has 1 aromatic rings. The van der Waals surface area contributed by atoms with Gasteiger partial charge < -0.3 is 10.2 Å². The van der Waals surface area contributed by atoms with Gasteiger partial charge in [-0.25, -0.2) is 4.98 Å². The Labute approximate surface area is 117 Å². The summed E-state index contributed by atoms with van der Waals surface area (Å²) in [5.74, 6) is 1.18. The summed E-state index contributed by atoms with van der Waals surface area (Å²) >= 11 is 0. The van der Waals surface area contributed by atoms with Crippen LogP contribution in [0.5, 0.6) is 0 Å². The van der Waals surface area contributed by atoms with Gasteiger partial charge in [-0.15, -0.1) is 0 Å². The van der Waals surface area contributed by atoms with Crippen molar-refractivity contribution in [2.75, 3.05) is 11.9 Å². The van der Waals surface area contributed by atoms with Crippen molar-refractivity contribution in [1.29, 1.82) is 0 Å². The molecule has 0 aliphatic carbocycles. The Morgan fingerprint density at radius 3 is 2.74 bits per heavy atom. The highest BCUT2D eigenvalue weighted by atomic mass is 15.3. The number of aromatic nitrogens is 1. The van der Waals surface area contributed by atoms with Crippen LogP contribution in [0.2, 0.25) is 0 Å². The minimum Gasteiger partial charge on any atom is -0.351 e. The summed E-state index contributed by atoms with van der Waals surface area (Å²) in [5, 5.41) is 3.24. The molecule has 1 saturated heterocycles. The minimum atomic E-state index is 0.618. The second-order valence-corrected chi connectivity index (χ2v) is 5.60. The zero-order chi connectivity index (χ0) is 13.8. The lowest BCUT2D eigenvalue weighted by molar-refractivity contribution is 0.619. The molecule has 0 amide bonds. The van der Waals surface area contributed by atoms with Crippen LogP contribution in [0.4, 0.5) is 5.82 Å². The van der Waals surface area contributed by atoms with Crippen molar-refractivity contribution in [1.82, 2.24) is 10.3 Å². The van der Waals surface area contributed by atoms with Crippen LogP contribution in [0.3, 0.4) is 0 Å². The fourth-order valence-electron chi connectivity index (χ4n) is 3.14. The van der Waals surface area contributed by atoms with E-state index < -0.39 is 0 Å². The van der Waals surface area contributed by atoms with Crippen LogP contribution >= 0.6 is 0 Å². The van der Waals surface area contributed by atoms with Crippen molar-refractivity contribution in [2.24, 2.45) is 0 Å². The normalized spacial score (nSPS) is 23.1. The minimum absolute atomic E-state index is 0.618. The molecule has 1 fully saturated rings. The summed E-state index contributed by atoms with van der Waals surface area (Å²) in [5.41, 5.74) is 2.55. The lowest BCUT2D eigenvalue weighted by atomic mass is 10.1. The van der Waals surface area contributed by atoms with Crippen molar-refractivity contribution in [3.05, 3.63) is 23.4 Å². The molecule has 2 unspecified atom stereocenters. The topological polar surface area (TPSA) is 28.2 Å². The number of nitrogens with zero attached hydrogens (tertiary/aromatic N) is 2. The van der Waals surface area contributed by atoms with E-state index in [-0.39, 0.29) is 0 Å². The molecule has 1 aliphatic heterocycles. The SMILES string of the molecule is CCc1cc(CNC)cc(N2C(C)CCC2CC)n1. The van der Waals surface area contributed by atoms with Crippen molar-refractivity contribution >= 4 is 5.82 Å². The van der Waals surface area contributed by atoms with Gasteiger partial charge in [0.1, 0.15) is 5.82 Å². The fraction of sp³-hybridized carbons (Fsp3) is 0.688. The molecule has 0 aromatic carbocycles. The molecule has 19 heavy (non-hydrogen) atoms. The van der Waals surface area contributed by atoms with Crippen molar-refractivity contribution in [3.8, 4) is 0 Å². The predicted molar refractivity (Wildman–Crippen MR) is 81.6 cm³/mol. The van der Waals surface area contributed by atoms with Gasteiger partial charge in [-0.3, -0.25) is 0 Å². The molecule has 0 radical (unpaired) electrons. The lowest BCUT2D eigenvalue weighted by Crippen LogP contribution is -2.35. The molecule has 3 nitrogen and oxygen atoms in total. The molecule has 1 N–H and O–H groups in total. The number of rotatable bonds is 5. The molecule has 3 heteroatoms. The summed E-state index contributed by atoms with van der Waals surface area (Å²) in [7, 11) is 2.00. The van der Waals surface area contributed by atoms with Crippen LogP contribution in [0, 0.1) is 0 Å². The highest BCUT2D eigenvalue weighted by Gasteiger charge is 2.30. The number of pyridine rings is 1. The van der Waals surface area contributed by atoms with Crippen LogP contribution in [0.15, 0.2) is 12.1 Å². The molecule has 2 heterocycles. The van der Waals surface area contributed by atoms with Gasteiger partial charge in [-0.05, 0) is 57.4 Å². The Bertz CT molecular complexity index is 416. The maximum Gasteiger partial charge on any atom is 0.129 e. The van der Waals surface area contributed by atoms with Gasteiger partial charge in [0.15, 0.2) is 0 Å². The van der Waals surface area contributed by atoms with Crippen LogP contribution in [-0.2, 0) is 13.0 Å². The monoisotopic (exact) mass is 261 g/mol. The number of aryl methyl sites for hydroxylation is 1. The quantitative estimate of drug-likeness (QED) is 0.882. The molecule has 1 aromatic heterocycles. The van der Waals surface area contributed by atoms with Crippen molar-refractivity contribution in [2.45, 2.75) is 65.1 Å². The van der Waals surface area contributed by atoms with E-state index in [9.17, 15) is 0 Å². The maximum atomic E-state index is 4.86. The van der Waals surface area contributed by atoms with Crippen LogP contribution in [0.25, 0.3) is 0 Å². The van der Waals surface area contributed by atoms with Gasteiger partial charge in [0.05, 0.1) is 0 Å². The maximum absolute atomic E-state index is 4.86. The third-order valence-corrected chi connectivity index (χ3v) is 4.19. The molecule has 1 aliphatic rings. The first-order valence-corrected chi connectivity index (χ1v) is 7.62. The first-order valence-electron chi connectivity index (χ1n) is 7.62. The van der Waals surface area contributed by atoms with Gasteiger partial charge >= 0.3 is 0 Å². The smallest absolute Gasteiger partial charge is 0.129 e. The van der Waals surface area contributed by atoms with E-state index in [1.807, 2.05) is 7.05 Å². The van der Waals surface area contributed by atoms with E-state index in [0.717, 1.165) is 13.0 Å². The number of anilines is 1. The highest BCUT2D eigenvalue weighted by molar-refractivity contribution is 5.46. The van der Waals surface area contributed by atoms with E-state index >= 15 is 0 Å². The fourth-order valence-corrected chi connectivity index (χ4v) is 3.14. The molecule has 0 spiro atoms. The van der Waals surface area contributed by atoms with Gasteiger partial charge in [-0.1, -0.05) is 13.8 Å². The van der Waals surface area contributed by atoms with Crippen LogP contribution in [0.1, 0.15) is 51.3 Å². The molecule has 0 bridgehead atoms. The molecule has 0 saturated carbocycles. The van der Waals surface area contributed by atoms with Gasteiger partial charge in [0, 0.05) is 24.3 Å². The third-order valence-electron chi connectivity index (χ3n) is 4.19. The lowest BCUT2D eigenvalue weighted by Gasteiger charge is -2.30. The highest BCUT2D eigenvalue weighted by Crippen LogP contribution is 2.31. The van der Waals surface area contributed by atoms with Gasteiger partial charge in [-0.2, -0.15) is 0 Å². The van der Waals surface area contributed by atoms with E-state index in [4.69, 9.17) is 4.98 Å². The third kappa shape index (κ3) is 3.08. The van der Waals surface area contributed by atoms with Crippen LogP contribution in [-0.4, -0.2) is 24.1 Å². The van der Waals surface area contributed by atoms with E-state index in [2.05, 4.69) is 43.1 Å². The van der Waals surface area contributed by atoms with E-state index in [1.165, 1.54) is 36.3 Å². The Morgan fingerprint density at radius 1 is 1.32 bits per heavy atom. The standard InChI is InChI=1S/C16H27N3/c1-5-14-9-13(11-17-4)10-16(18-14)19-12(3)7-8-15(19)6-2/h9-10,12,15,17H,5-8,11H2,1-4H3. The Hall–Kier alpha value is -1.09. The number of hydrogen-bond donors (Lipinski definition) is 1. The second-order valence-electron chi connectivity index (χ2n) is 5.60. The first-order chi connectivity index (χ1) is 9.19. The zero-order valence-electron chi connectivity index (χ0n) is 12.7. The molecular weight excluding hydrogens is 234 g/mol. The summed E-state index contributed by atoms with van der Waals surface area (Å²) < 4.78 is 0. The summed E-state index contributed by atoms with van der Waals surface area (Å²) in [6, 6.07) is 5.77. The first kappa shape index (κ1) is 14.3. The van der Waals surface area contributed by atoms with Crippen molar-refractivity contribution < 1.29 is 0 Å². The van der Waals surface area contributed by atoms with Gasteiger partial charge in [0.25, 0.3) is 0 Å². The zero-order valence-corrected chi connectivity index (χ0v) is 12.7. The summed E-state index contributed by atoms with van der Waals surface area (Å²) in [6.07, 6.45) is 4.81. The molecule has 106 valence electrons. The van der Waals surface area contributed by atoms with Crippen molar-refractivity contribution in [3.63, 3.8) is 0 Å². The van der Waals surface area contributed by atoms with E-state index in [1.54, 1.807) is 0 Å². The molecular formula is C16H27N3. The number of hydrogen-bond acceptors (Lipinski definition) is 3. The van der Waals surface area contributed by atoms with E-state index in [0.29, 0.717) is 12.1 Å². The predicted octanol–water partition coefficient (Wildman–Crippen LogP) is 3.13. The van der Waals surface area contributed by atoms with Gasteiger partial charge in [0.2, 0.25) is 0 Å². The summed E-state index contributed by atoms with van der Waals surface area (Å²) in [6.45, 7) is 7.71. The Balaban J connectivity index is 2.34. The average molecular weight is 261 g/mol. The average Bonchev–Trinajstić information content (AvgIpc) is 2.79. The molecule has 2 atom stereocenters. The molecule has 2 rings (SSSR count). The Kier molecular flexibility index (Phi) is 4.81. The second kappa shape index (κ2) is 6.38. The number of nitrogens with one attached hydrogen (secondary N) is 1.